The van der Waals surface area contributed by atoms with Crippen molar-refractivity contribution in [3.63, 3.8) is 0 Å². The third-order valence-corrected chi connectivity index (χ3v) is 4.24. The van der Waals surface area contributed by atoms with Crippen molar-refractivity contribution in [2.45, 2.75) is 11.3 Å². The standard InChI is InChI=1S/C12H16N2O5S/c15-4-6-19-5-3-13-20(17,18)10-1-2-11-9(7-10)8-12(16)14-11/h1-2,7,13,15H,3-6,8H2,(H,14,16). The van der Waals surface area contributed by atoms with E-state index in [9.17, 15) is 13.2 Å². The van der Waals surface area contributed by atoms with E-state index in [1.54, 1.807) is 6.07 Å². The molecule has 1 aromatic rings. The van der Waals surface area contributed by atoms with Gasteiger partial charge in [0.05, 0.1) is 31.1 Å². The topological polar surface area (TPSA) is 105 Å². The van der Waals surface area contributed by atoms with Crippen molar-refractivity contribution in [2.24, 2.45) is 0 Å². The van der Waals surface area contributed by atoms with E-state index in [4.69, 9.17) is 9.84 Å². The van der Waals surface area contributed by atoms with Crippen molar-refractivity contribution < 1.29 is 23.1 Å². The Labute approximate surface area is 117 Å². The first-order chi connectivity index (χ1) is 9.53. The van der Waals surface area contributed by atoms with E-state index in [1.165, 1.54) is 12.1 Å². The average molecular weight is 300 g/mol. The van der Waals surface area contributed by atoms with Crippen LogP contribution in [-0.2, 0) is 26.0 Å². The van der Waals surface area contributed by atoms with Gasteiger partial charge in [-0.2, -0.15) is 0 Å². The molecule has 0 fully saturated rings. The zero-order chi connectivity index (χ0) is 14.6. The zero-order valence-electron chi connectivity index (χ0n) is 10.8. The van der Waals surface area contributed by atoms with Gasteiger partial charge in [0.1, 0.15) is 0 Å². The number of sulfonamides is 1. The Hall–Kier alpha value is -1.48. The number of aliphatic hydroxyl groups excluding tert-OH is 1. The van der Waals surface area contributed by atoms with Gasteiger partial charge in [-0.05, 0) is 23.8 Å². The Morgan fingerprint density at radius 3 is 2.90 bits per heavy atom. The minimum atomic E-state index is -3.62. The van der Waals surface area contributed by atoms with E-state index in [0.29, 0.717) is 11.3 Å². The predicted molar refractivity (Wildman–Crippen MR) is 71.9 cm³/mol. The highest BCUT2D eigenvalue weighted by molar-refractivity contribution is 7.89. The summed E-state index contributed by atoms with van der Waals surface area (Å²) in [5, 5.41) is 11.2. The largest absolute Gasteiger partial charge is 0.394 e. The van der Waals surface area contributed by atoms with Crippen LogP contribution in [-0.4, -0.2) is 45.8 Å². The van der Waals surface area contributed by atoms with Crippen LogP contribution in [0, 0.1) is 0 Å². The molecule has 0 aliphatic carbocycles. The molecule has 3 N–H and O–H groups in total. The smallest absolute Gasteiger partial charge is 0.240 e. The molecule has 7 nitrogen and oxygen atoms in total. The molecule has 0 unspecified atom stereocenters. The first kappa shape index (κ1) is 14.9. The Kier molecular flexibility index (Phi) is 4.71. The summed E-state index contributed by atoms with van der Waals surface area (Å²) in [6.07, 6.45) is 0.193. The van der Waals surface area contributed by atoms with Crippen LogP contribution in [0.15, 0.2) is 23.1 Å². The van der Waals surface area contributed by atoms with Gasteiger partial charge < -0.3 is 15.2 Å². The Bertz CT molecular complexity index is 600. The third-order valence-electron chi connectivity index (χ3n) is 2.79. The molecule has 0 atom stereocenters. The summed E-state index contributed by atoms with van der Waals surface area (Å²) in [4.78, 5) is 11.3. The van der Waals surface area contributed by atoms with Gasteiger partial charge in [-0.3, -0.25) is 4.79 Å². The first-order valence-electron chi connectivity index (χ1n) is 6.14. The molecule has 1 aromatic carbocycles. The lowest BCUT2D eigenvalue weighted by Crippen LogP contribution is -2.27. The number of hydrogen-bond acceptors (Lipinski definition) is 5. The minimum absolute atomic E-state index is 0.0986. The number of ether oxygens (including phenoxy) is 1. The number of carbonyl (C=O) groups is 1. The fraction of sp³-hybridized carbons (Fsp3) is 0.417. The van der Waals surface area contributed by atoms with Crippen LogP contribution in [0.25, 0.3) is 0 Å². The van der Waals surface area contributed by atoms with E-state index < -0.39 is 10.0 Å². The summed E-state index contributed by atoms with van der Waals surface area (Å²) in [7, 11) is -3.62. The zero-order valence-corrected chi connectivity index (χ0v) is 11.6. The number of rotatable bonds is 7. The second kappa shape index (κ2) is 6.31. The van der Waals surface area contributed by atoms with Gasteiger partial charge in [-0.15, -0.1) is 0 Å². The fourth-order valence-electron chi connectivity index (χ4n) is 1.87. The maximum Gasteiger partial charge on any atom is 0.240 e. The molecular weight excluding hydrogens is 284 g/mol. The van der Waals surface area contributed by atoms with Gasteiger partial charge in [0.15, 0.2) is 0 Å². The molecule has 1 aliphatic rings. The maximum atomic E-state index is 12.0. The quantitative estimate of drug-likeness (QED) is 0.587. The second-order valence-electron chi connectivity index (χ2n) is 4.28. The van der Waals surface area contributed by atoms with E-state index in [1.807, 2.05) is 0 Å². The highest BCUT2D eigenvalue weighted by Gasteiger charge is 2.21. The molecule has 0 spiro atoms. The van der Waals surface area contributed by atoms with Crippen molar-refractivity contribution in [3.8, 4) is 0 Å². The van der Waals surface area contributed by atoms with E-state index in [0.717, 1.165) is 0 Å². The summed E-state index contributed by atoms with van der Waals surface area (Å²) in [5.74, 6) is -0.139. The minimum Gasteiger partial charge on any atom is -0.394 e. The van der Waals surface area contributed by atoms with Gasteiger partial charge in [-0.1, -0.05) is 0 Å². The summed E-state index contributed by atoms with van der Waals surface area (Å²) in [5.41, 5.74) is 1.33. The molecule has 0 saturated carbocycles. The number of anilines is 1. The Balaban J connectivity index is 2.00. The first-order valence-corrected chi connectivity index (χ1v) is 7.62. The summed E-state index contributed by atoms with van der Waals surface area (Å²) in [6.45, 7) is 0.383. The number of nitrogens with one attached hydrogen (secondary N) is 2. The Morgan fingerprint density at radius 1 is 1.35 bits per heavy atom. The van der Waals surface area contributed by atoms with Gasteiger partial charge >= 0.3 is 0 Å². The van der Waals surface area contributed by atoms with Crippen molar-refractivity contribution in [3.05, 3.63) is 23.8 Å². The van der Waals surface area contributed by atoms with Crippen molar-refractivity contribution in [1.82, 2.24) is 4.72 Å². The van der Waals surface area contributed by atoms with E-state index in [-0.39, 0.29) is 43.6 Å². The van der Waals surface area contributed by atoms with Crippen LogP contribution < -0.4 is 10.0 Å². The Morgan fingerprint density at radius 2 is 2.15 bits per heavy atom. The van der Waals surface area contributed by atoms with E-state index in [2.05, 4.69) is 10.0 Å². The van der Waals surface area contributed by atoms with Crippen LogP contribution in [0.3, 0.4) is 0 Å². The highest BCUT2D eigenvalue weighted by atomic mass is 32.2. The van der Waals surface area contributed by atoms with Gasteiger partial charge in [0.25, 0.3) is 0 Å². The molecule has 0 bridgehead atoms. The van der Waals surface area contributed by atoms with Gasteiger partial charge in [0, 0.05) is 12.2 Å². The number of amides is 1. The molecule has 110 valence electrons. The highest BCUT2D eigenvalue weighted by Crippen LogP contribution is 2.25. The van der Waals surface area contributed by atoms with E-state index >= 15 is 0 Å². The van der Waals surface area contributed by atoms with Crippen molar-refractivity contribution in [1.29, 1.82) is 0 Å². The molecule has 1 heterocycles. The number of aliphatic hydroxyl groups is 1. The lowest BCUT2D eigenvalue weighted by Gasteiger charge is -2.08. The molecule has 0 radical (unpaired) electrons. The lowest BCUT2D eigenvalue weighted by atomic mass is 10.2. The summed E-state index contributed by atoms with van der Waals surface area (Å²) < 4.78 is 31.4. The molecule has 20 heavy (non-hydrogen) atoms. The van der Waals surface area contributed by atoms with Gasteiger partial charge in [-0.25, -0.2) is 13.1 Å². The predicted octanol–water partition coefficient (Wildman–Crippen LogP) is -0.532. The monoisotopic (exact) mass is 300 g/mol. The molecule has 8 heteroatoms. The second-order valence-corrected chi connectivity index (χ2v) is 6.04. The number of benzene rings is 1. The molecular formula is C12H16N2O5S. The van der Waals surface area contributed by atoms with Gasteiger partial charge in [0.2, 0.25) is 15.9 Å². The fourth-order valence-corrected chi connectivity index (χ4v) is 2.93. The van der Waals surface area contributed by atoms with Crippen molar-refractivity contribution in [2.75, 3.05) is 31.7 Å². The lowest BCUT2D eigenvalue weighted by molar-refractivity contribution is -0.115. The average Bonchev–Trinajstić information content (AvgIpc) is 2.77. The van der Waals surface area contributed by atoms with Crippen molar-refractivity contribution >= 4 is 21.6 Å². The summed E-state index contributed by atoms with van der Waals surface area (Å²) >= 11 is 0. The third kappa shape index (κ3) is 3.54. The SMILES string of the molecule is O=C1Cc2cc(S(=O)(=O)NCCOCCO)ccc2N1. The van der Waals surface area contributed by atoms with Crippen LogP contribution in [0.2, 0.25) is 0 Å². The maximum absolute atomic E-state index is 12.0. The van der Waals surface area contributed by atoms with Crippen LogP contribution in [0.5, 0.6) is 0 Å². The number of hydrogen-bond donors (Lipinski definition) is 3. The molecule has 1 aliphatic heterocycles. The number of fused-ring (bicyclic) bond motifs is 1. The normalized spacial score (nSPS) is 14.2. The van der Waals surface area contributed by atoms with Crippen LogP contribution in [0.1, 0.15) is 5.56 Å². The molecule has 0 aromatic heterocycles. The van der Waals surface area contributed by atoms with Crippen LogP contribution >= 0.6 is 0 Å². The molecule has 1 amide bonds. The van der Waals surface area contributed by atoms with Crippen LogP contribution in [0.4, 0.5) is 5.69 Å². The number of carbonyl (C=O) groups excluding carboxylic acids is 1. The summed E-state index contributed by atoms with van der Waals surface area (Å²) in [6, 6.07) is 4.52. The molecule has 2 rings (SSSR count). The molecule has 0 saturated heterocycles.